The van der Waals surface area contributed by atoms with Crippen LogP contribution in [0.2, 0.25) is 0 Å². The van der Waals surface area contributed by atoms with Crippen LogP contribution in [0.3, 0.4) is 0 Å². The van der Waals surface area contributed by atoms with Gasteiger partial charge < -0.3 is 4.74 Å². The first-order chi connectivity index (χ1) is 36.6. The van der Waals surface area contributed by atoms with Crippen LogP contribution in [0.25, 0.3) is 49.9 Å². The van der Waals surface area contributed by atoms with Crippen LogP contribution in [-0.4, -0.2) is 16.2 Å². The fraction of sp³-hybridized carbons (Fsp3) is 0.213. The number of para-hydroxylation sites is 3. The van der Waals surface area contributed by atoms with Crippen LogP contribution in [0.5, 0.6) is 11.5 Å². The Kier molecular flexibility index (Phi) is 7.10. The maximum atomic E-state index is 9.77. The predicted octanol–water partition coefficient (Wildman–Crippen LogP) is 16.5. The van der Waals surface area contributed by atoms with Gasteiger partial charge in [-0.1, -0.05) is 152 Å². The van der Waals surface area contributed by atoms with Crippen LogP contribution in [0.4, 0.5) is 22.7 Å². The van der Waals surface area contributed by atoms with Gasteiger partial charge in [0.25, 0.3) is 0 Å². The highest BCUT2D eigenvalue weighted by Gasteiger charge is 2.65. The van der Waals surface area contributed by atoms with Gasteiger partial charge in [0.05, 0.1) is 31.4 Å². The van der Waals surface area contributed by atoms with Gasteiger partial charge in [-0.2, -0.15) is 0 Å². The first kappa shape index (κ1) is 30.4. The molecule has 0 radical (unpaired) electrons. The number of ether oxygens (including phenoxy) is 1. The van der Waals surface area contributed by atoms with E-state index in [1.165, 1.54) is 0 Å². The zero-order valence-electron chi connectivity index (χ0n) is 50.5. The fourth-order valence-corrected chi connectivity index (χ4v) is 10.0. The lowest BCUT2D eigenvalue weighted by Gasteiger charge is -2.57. The van der Waals surface area contributed by atoms with Gasteiger partial charge in [0.15, 0.2) is 18.0 Å². The fourth-order valence-electron chi connectivity index (χ4n) is 10.0. The van der Waals surface area contributed by atoms with E-state index in [1.54, 1.807) is 38.1 Å². The van der Waals surface area contributed by atoms with Gasteiger partial charge >= 0.3 is 0 Å². The van der Waals surface area contributed by atoms with Crippen molar-refractivity contribution < 1.29 is 21.2 Å². The minimum atomic E-state index is -1.96. The molecule has 66 heavy (non-hydrogen) atoms. The SMILES string of the molecule is [2H]c1c([2H])c([2H])c(-c2cccc(-c3c([2H])c([2H])c([2H])c([2H])c3[2H])c2[N@+]23[CH-][N@+](c4cc(Oc5ccc6c7ccccc7n(-c7cc(C(C)(C)C)ccn7)c6c5)cc(C(C)(C)C)c4)(C2)c2cccc(C([2H])([2H])C(C)C)c23)c([2H])c1[2H]. The van der Waals surface area contributed by atoms with E-state index in [-0.39, 0.29) is 49.0 Å². The molecule has 2 bridgehead atoms. The van der Waals surface area contributed by atoms with E-state index in [0.29, 0.717) is 28.4 Å². The van der Waals surface area contributed by atoms with Crippen LogP contribution in [0.15, 0.2) is 176 Å². The van der Waals surface area contributed by atoms with Gasteiger partial charge in [0.1, 0.15) is 28.7 Å². The largest absolute Gasteiger partial charge is 0.457 e. The Labute approximate surface area is 407 Å². The maximum absolute atomic E-state index is 9.77. The third-order valence-corrected chi connectivity index (χ3v) is 13.0. The highest BCUT2D eigenvalue weighted by Crippen LogP contribution is 2.69. The lowest BCUT2D eigenvalue weighted by atomic mass is 9.86. The number of aromatic nitrogens is 2. The summed E-state index contributed by atoms with van der Waals surface area (Å²) in [6.07, 6.45) is -0.105. The molecular formula is C61H59N4O+. The third-order valence-electron chi connectivity index (χ3n) is 13.0. The highest BCUT2D eigenvalue weighted by molar-refractivity contribution is 6.09. The Morgan fingerprint density at radius 2 is 1.30 bits per heavy atom. The number of hydrogen-bond acceptors (Lipinski definition) is 2. The normalized spacial score (nSPS) is 20.7. The molecule has 328 valence electrons. The molecule has 2 atom stereocenters. The van der Waals surface area contributed by atoms with Crippen molar-refractivity contribution in [3.05, 3.63) is 199 Å². The Morgan fingerprint density at radius 3 is 1.97 bits per heavy atom. The molecular weight excluding hydrogens is 805 g/mol. The van der Waals surface area contributed by atoms with E-state index in [0.717, 1.165) is 44.4 Å². The van der Waals surface area contributed by atoms with Crippen molar-refractivity contribution in [2.75, 3.05) is 6.67 Å². The number of nitrogens with zero attached hydrogens (tertiary/aromatic N) is 4. The number of hydrogen-bond donors (Lipinski definition) is 0. The average Bonchev–Trinajstić information content (AvgIpc) is 2.57. The molecule has 1 saturated heterocycles. The number of rotatable bonds is 9. The molecule has 9 aromatic rings. The first-order valence-corrected chi connectivity index (χ1v) is 22.5. The molecule has 0 unspecified atom stereocenters. The van der Waals surface area contributed by atoms with Crippen molar-refractivity contribution in [1.82, 2.24) is 18.5 Å². The third kappa shape index (κ3) is 6.79. The zero-order valence-corrected chi connectivity index (χ0v) is 38.5. The molecule has 5 heterocycles. The van der Waals surface area contributed by atoms with Crippen LogP contribution < -0.4 is 13.7 Å². The lowest BCUT2D eigenvalue weighted by Crippen LogP contribution is -2.67. The van der Waals surface area contributed by atoms with Gasteiger partial charge in [-0.25, -0.2) is 4.98 Å². The Hall–Kier alpha value is -6.79. The summed E-state index contributed by atoms with van der Waals surface area (Å²) in [6, 6.07) is 29.7. The number of pyridine rings is 1. The number of fused-ring (bicyclic) bond motifs is 3. The minimum absolute atomic E-state index is 0.0372. The van der Waals surface area contributed by atoms with Gasteiger partial charge in [0, 0.05) is 60.7 Å². The Morgan fingerprint density at radius 1 is 0.652 bits per heavy atom. The predicted molar refractivity (Wildman–Crippen MR) is 277 cm³/mol. The molecule has 0 aliphatic carbocycles. The second kappa shape index (κ2) is 15.4. The Balaban J connectivity index is 1.16. The molecule has 3 aliphatic rings. The van der Waals surface area contributed by atoms with Crippen LogP contribution in [0.1, 0.15) is 88.5 Å². The summed E-state index contributed by atoms with van der Waals surface area (Å²) in [5.41, 5.74) is 6.13. The Bertz CT molecular complexity index is 3870. The summed E-state index contributed by atoms with van der Waals surface area (Å²) in [6.45, 7) is 18.7. The molecule has 0 N–H and O–H groups in total. The maximum Gasteiger partial charge on any atom is 0.186 e. The number of benzene rings is 7. The van der Waals surface area contributed by atoms with Crippen molar-refractivity contribution in [3.63, 3.8) is 0 Å². The molecule has 0 amide bonds. The van der Waals surface area contributed by atoms with Crippen LogP contribution in [0, 0.1) is 12.6 Å². The summed E-state index contributed by atoms with van der Waals surface area (Å²) >= 11 is 0. The molecule has 0 saturated carbocycles. The second-order valence-corrected chi connectivity index (χ2v) is 19.9. The van der Waals surface area contributed by atoms with Gasteiger partial charge in [-0.3, -0.25) is 13.5 Å². The molecule has 2 aromatic heterocycles. The molecule has 5 nitrogen and oxygen atoms in total. The van der Waals surface area contributed by atoms with E-state index < -0.39 is 78.1 Å². The topological polar surface area (TPSA) is 27.1 Å². The summed E-state index contributed by atoms with van der Waals surface area (Å²) in [4.78, 5) is 4.88. The van der Waals surface area contributed by atoms with E-state index >= 15 is 0 Å². The van der Waals surface area contributed by atoms with Gasteiger partial charge in [-0.05, 0) is 93.9 Å². The van der Waals surface area contributed by atoms with Crippen molar-refractivity contribution in [2.45, 2.75) is 72.6 Å². The van der Waals surface area contributed by atoms with E-state index in [2.05, 4.69) is 82.5 Å². The van der Waals surface area contributed by atoms with Crippen molar-refractivity contribution in [1.29, 1.82) is 0 Å². The molecule has 5 heteroatoms. The van der Waals surface area contributed by atoms with E-state index in [9.17, 15) is 8.22 Å². The summed E-state index contributed by atoms with van der Waals surface area (Å²) in [5, 5.41) is 2.10. The molecule has 3 aliphatic heterocycles. The van der Waals surface area contributed by atoms with E-state index in [1.807, 2.05) is 61.4 Å². The summed E-state index contributed by atoms with van der Waals surface area (Å²) < 4.78 is 118. The zero-order chi connectivity index (χ0) is 56.1. The summed E-state index contributed by atoms with van der Waals surface area (Å²) in [7, 11) is 0. The minimum Gasteiger partial charge on any atom is -0.457 e. The molecule has 1 fully saturated rings. The van der Waals surface area contributed by atoms with Gasteiger partial charge in [0.2, 0.25) is 0 Å². The van der Waals surface area contributed by atoms with Crippen molar-refractivity contribution in [2.24, 2.45) is 5.92 Å². The number of quaternary nitrogens is 2. The smallest absolute Gasteiger partial charge is 0.186 e. The standard InChI is InChI=1S/C61H59N4O/c1-41(2)33-44-23-17-28-56-58(44)65(59-50(42-19-11-9-12-20-42)25-18-26-51(59)43-21-13-10-14-22-43)39-64(56,40-65)47-34-46(61(6,7)8)35-49(37-47)66-48-29-30-53-52-24-15-16-27-54(52)63(55(53)38-48)57-36-45(31-32-62-57)60(3,4)5/h9-32,34-39,41H,33,40H2,1-8H3/q+1/t64-,65-/m1/s1/i9D,10D,11D,12D,13D,14D,19D,20D,21D,22D,33D2. The summed E-state index contributed by atoms with van der Waals surface area (Å²) in [5.74, 6) is 1.37. The molecule has 0 spiro atoms. The quantitative estimate of drug-likeness (QED) is 0.107. The first-order valence-electron chi connectivity index (χ1n) is 28.5. The van der Waals surface area contributed by atoms with Crippen LogP contribution >= 0.6 is 0 Å². The second-order valence-electron chi connectivity index (χ2n) is 19.9. The van der Waals surface area contributed by atoms with Crippen LogP contribution in [-0.2, 0) is 17.2 Å². The van der Waals surface area contributed by atoms with Gasteiger partial charge in [-0.15, -0.1) is 0 Å². The molecule has 12 rings (SSSR count). The lowest BCUT2D eigenvalue weighted by molar-refractivity contribution is 0.187. The van der Waals surface area contributed by atoms with E-state index in [4.69, 9.17) is 17.9 Å². The molecule has 7 aromatic carbocycles. The average molecular weight is 876 g/mol. The monoisotopic (exact) mass is 876 g/mol. The van der Waals surface area contributed by atoms with Crippen molar-refractivity contribution >= 4 is 44.6 Å². The highest BCUT2D eigenvalue weighted by atomic mass is 16.5. The van der Waals surface area contributed by atoms with Crippen molar-refractivity contribution in [3.8, 4) is 39.6 Å².